The molecule has 0 aromatic heterocycles. The fourth-order valence-electron chi connectivity index (χ4n) is 3.47. The summed E-state index contributed by atoms with van der Waals surface area (Å²) in [5.41, 5.74) is 0.371. The summed E-state index contributed by atoms with van der Waals surface area (Å²) in [5.74, 6) is -0.219. The van der Waals surface area contributed by atoms with E-state index in [9.17, 15) is 14.0 Å². The van der Waals surface area contributed by atoms with E-state index in [1.54, 1.807) is 17.0 Å². The molecule has 0 bridgehead atoms. The zero-order valence-electron chi connectivity index (χ0n) is 13.8. The van der Waals surface area contributed by atoms with E-state index in [1.807, 2.05) is 7.05 Å². The van der Waals surface area contributed by atoms with E-state index >= 15 is 0 Å². The number of likely N-dealkylation sites (tertiary alicyclic amines) is 1. The summed E-state index contributed by atoms with van der Waals surface area (Å²) in [6.45, 7) is 2.97. The Morgan fingerprint density at radius 3 is 2.54 bits per heavy atom. The van der Waals surface area contributed by atoms with Gasteiger partial charge in [0, 0.05) is 32.7 Å². The number of likely N-dealkylation sites (N-methyl/N-ethyl adjacent to an activating group) is 1. The number of piperidine rings is 1. The molecule has 0 aliphatic carbocycles. The third-order valence-corrected chi connectivity index (χ3v) is 5.12. The van der Waals surface area contributed by atoms with Crippen LogP contribution in [0.1, 0.15) is 18.4 Å². The van der Waals surface area contributed by atoms with Crippen molar-refractivity contribution in [3.05, 3.63) is 35.6 Å². The molecule has 2 heterocycles. The Morgan fingerprint density at radius 2 is 1.92 bits per heavy atom. The van der Waals surface area contributed by atoms with Crippen LogP contribution < -0.4 is 10.6 Å². The minimum Gasteiger partial charge on any atom is -0.353 e. The van der Waals surface area contributed by atoms with Crippen LogP contribution >= 0.6 is 0 Å². The van der Waals surface area contributed by atoms with E-state index in [-0.39, 0.29) is 17.8 Å². The normalized spacial score (nSPS) is 20.8. The number of rotatable bonds is 2. The van der Waals surface area contributed by atoms with Crippen LogP contribution in [0.2, 0.25) is 0 Å². The number of hydrogen-bond donors (Lipinski definition) is 2. The van der Waals surface area contributed by atoms with Gasteiger partial charge in [-0.3, -0.25) is 9.69 Å². The summed E-state index contributed by atoms with van der Waals surface area (Å²) >= 11 is 0. The van der Waals surface area contributed by atoms with Crippen LogP contribution in [0.4, 0.5) is 9.18 Å². The molecule has 24 heavy (non-hydrogen) atoms. The maximum atomic E-state index is 12.9. The van der Waals surface area contributed by atoms with E-state index in [0.29, 0.717) is 39.0 Å². The summed E-state index contributed by atoms with van der Waals surface area (Å²) in [5, 5.41) is 5.79. The molecule has 6 nitrogen and oxygen atoms in total. The highest BCUT2D eigenvalue weighted by Crippen LogP contribution is 2.29. The summed E-state index contributed by atoms with van der Waals surface area (Å²) in [6.07, 6.45) is 1.28. The lowest BCUT2D eigenvalue weighted by Gasteiger charge is -2.48. The average Bonchev–Trinajstić information content (AvgIpc) is 2.59. The summed E-state index contributed by atoms with van der Waals surface area (Å²) in [6, 6.07) is 5.92. The lowest BCUT2D eigenvalue weighted by molar-refractivity contribution is -0.139. The Balaban J connectivity index is 1.53. The quantitative estimate of drug-likeness (QED) is 0.846. The number of nitrogens with zero attached hydrogens (tertiary/aromatic N) is 2. The standard InChI is InChI=1S/C17H23FN4O2/c1-21-11-8-19-15(23)17(21)6-9-22(10-7-17)16(24)20-12-13-2-4-14(18)5-3-13/h2-5H,6-12H2,1H3,(H,19,23)(H,20,24). The summed E-state index contributed by atoms with van der Waals surface area (Å²) in [4.78, 5) is 28.4. The van der Waals surface area contributed by atoms with Gasteiger partial charge in [-0.2, -0.15) is 0 Å². The topological polar surface area (TPSA) is 64.7 Å². The monoisotopic (exact) mass is 334 g/mol. The molecule has 3 amide bonds. The second kappa shape index (κ2) is 6.76. The Morgan fingerprint density at radius 1 is 1.25 bits per heavy atom. The SMILES string of the molecule is CN1CCNC(=O)C12CCN(C(=O)NCc1ccc(F)cc1)CC2. The molecule has 2 aliphatic rings. The summed E-state index contributed by atoms with van der Waals surface area (Å²) in [7, 11) is 1.98. The van der Waals surface area contributed by atoms with E-state index < -0.39 is 5.54 Å². The molecule has 2 fully saturated rings. The second-order valence-corrected chi connectivity index (χ2v) is 6.48. The van der Waals surface area contributed by atoms with Gasteiger partial charge in [0.15, 0.2) is 0 Å². The van der Waals surface area contributed by atoms with Gasteiger partial charge in [-0.1, -0.05) is 12.1 Å². The first kappa shape index (κ1) is 16.7. The Hall–Kier alpha value is -2.15. The minimum atomic E-state index is -0.480. The van der Waals surface area contributed by atoms with Crippen LogP contribution in [0.25, 0.3) is 0 Å². The van der Waals surface area contributed by atoms with Gasteiger partial charge < -0.3 is 15.5 Å². The van der Waals surface area contributed by atoms with Crippen molar-refractivity contribution in [1.29, 1.82) is 0 Å². The number of urea groups is 1. The molecule has 130 valence electrons. The van der Waals surface area contributed by atoms with Crippen LogP contribution in [0.3, 0.4) is 0 Å². The average molecular weight is 334 g/mol. The molecule has 3 rings (SSSR count). The minimum absolute atomic E-state index is 0.0719. The first-order valence-electron chi connectivity index (χ1n) is 8.28. The number of carbonyl (C=O) groups is 2. The first-order valence-corrected chi connectivity index (χ1v) is 8.28. The number of nitrogens with one attached hydrogen (secondary N) is 2. The van der Waals surface area contributed by atoms with Gasteiger partial charge in [0.2, 0.25) is 5.91 Å². The summed E-state index contributed by atoms with van der Waals surface area (Å²) < 4.78 is 12.9. The first-order chi connectivity index (χ1) is 11.5. The maximum absolute atomic E-state index is 12.9. The highest BCUT2D eigenvalue weighted by Gasteiger charge is 2.46. The molecule has 0 saturated carbocycles. The molecule has 0 unspecified atom stereocenters. The van der Waals surface area contributed by atoms with E-state index in [0.717, 1.165) is 12.1 Å². The van der Waals surface area contributed by atoms with Crippen LogP contribution in [0, 0.1) is 5.82 Å². The lowest BCUT2D eigenvalue weighted by atomic mass is 9.83. The second-order valence-electron chi connectivity index (χ2n) is 6.48. The number of benzene rings is 1. The number of carbonyl (C=O) groups excluding carboxylic acids is 2. The van der Waals surface area contributed by atoms with Crippen molar-refractivity contribution in [2.75, 3.05) is 33.2 Å². The molecule has 0 radical (unpaired) electrons. The zero-order chi connectivity index (χ0) is 17.2. The van der Waals surface area contributed by atoms with Crippen molar-refractivity contribution in [1.82, 2.24) is 20.4 Å². The maximum Gasteiger partial charge on any atom is 0.317 e. The van der Waals surface area contributed by atoms with E-state index in [1.165, 1.54) is 12.1 Å². The Kier molecular flexibility index (Phi) is 4.71. The van der Waals surface area contributed by atoms with Crippen molar-refractivity contribution < 1.29 is 14.0 Å². The number of piperazine rings is 1. The van der Waals surface area contributed by atoms with E-state index in [4.69, 9.17) is 0 Å². The Bertz CT molecular complexity index is 612. The molecule has 1 spiro atoms. The molecular formula is C17H23FN4O2. The van der Waals surface area contributed by atoms with Gasteiger partial charge in [0.25, 0.3) is 0 Å². The molecule has 2 N–H and O–H groups in total. The van der Waals surface area contributed by atoms with Gasteiger partial charge in [0.05, 0.1) is 0 Å². The third-order valence-electron chi connectivity index (χ3n) is 5.12. The highest BCUT2D eigenvalue weighted by atomic mass is 19.1. The number of hydrogen-bond acceptors (Lipinski definition) is 3. The van der Waals surface area contributed by atoms with E-state index in [2.05, 4.69) is 15.5 Å². The molecule has 1 aromatic rings. The Labute approximate surface area is 141 Å². The largest absolute Gasteiger partial charge is 0.353 e. The lowest BCUT2D eigenvalue weighted by Crippen LogP contribution is -2.67. The van der Waals surface area contributed by atoms with Crippen LogP contribution in [-0.2, 0) is 11.3 Å². The predicted molar refractivity (Wildman–Crippen MR) is 87.8 cm³/mol. The molecule has 2 aliphatic heterocycles. The van der Waals surface area contributed by atoms with Gasteiger partial charge in [-0.25, -0.2) is 9.18 Å². The third kappa shape index (κ3) is 3.21. The molecule has 1 aromatic carbocycles. The fraction of sp³-hybridized carbons (Fsp3) is 0.529. The zero-order valence-corrected chi connectivity index (χ0v) is 13.8. The fourth-order valence-corrected chi connectivity index (χ4v) is 3.47. The van der Waals surface area contributed by atoms with Crippen molar-refractivity contribution >= 4 is 11.9 Å². The van der Waals surface area contributed by atoms with Gasteiger partial charge in [-0.15, -0.1) is 0 Å². The van der Waals surface area contributed by atoms with Crippen molar-refractivity contribution in [2.24, 2.45) is 0 Å². The van der Waals surface area contributed by atoms with Crippen molar-refractivity contribution in [3.63, 3.8) is 0 Å². The molecule has 2 saturated heterocycles. The highest BCUT2D eigenvalue weighted by molar-refractivity contribution is 5.87. The smallest absolute Gasteiger partial charge is 0.317 e. The van der Waals surface area contributed by atoms with Crippen molar-refractivity contribution in [3.8, 4) is 0 Å². The number of amides is 3. The molecular weight excluding hydrogens is 311 g/mol. The van der Waals surface area contributed by atoms with Crippen LogP contribution in [-0.4, -0.2) is 60.5 Å². The van der Waals surface area contributed by atoms with Crippen LogP contribution in [0.15, 0.2) is 24.3 Å². The molecule has 7 heteroatoms. The molecule has 0 atom stereocenters. The van der Waals surface area contributed by atoms with Gasteiger partial charge >= 0.3 is 6.03 Å². The van der Waals surface area contributed by atoms with Gasteiger partial charge in [0.1, 0.15) is 11.4 Å². The van der Waals surface area contributed by atoms with Crippen LogP contribution in [0.5, 0.6) is 0 Å². The predicted octanol–water partition coefficient (Wildman–Crippen LogP) is 0.932. The van der Waals surface area contributed by atoms with Gasteiger partial charge in [-0.05, 0) is 37.6 Å². The van der Waals surface area contributed by atoms with Crippen molar-refractivity contribution in [2.45, 2.75) is 24.9 Å². The number of halogens is 1.